The van der Waals surface area contributed by atoms with Crippen LogP contribution in [0.25, 0.3) is 10.8 Å². The predicted octanol–water partition coefficient (Wildman–Crippen LogP) is 2.55. The first-order valence-electron chi connectivity index (χ1n) is 8.42. The molecule has 1 aliphatic rings. The van der Waals surface area contributed by atoms with E-state index in [-0.39, 0.29) is 22.4 Å². The summed E-state index contributed by atoms with van der Waals surface area (Å²) in [5.41, 5.74) is -0.264. The maximum absolute atomic E-state index is 13.6. The van der Waals surface area contributed by atoms with Gasteiger partial charge in [0.25, 0.3) is 11.5 Å². The first-order chi connectivity index (χ1) is 12.0. The van der Waals surface area contributed by atoms with Crippen molar-refractivity contribution >= 4 is 16.7 Å². The summed E-state index contributed by atoms with van der Waals surface area (Å²) in [5.74, 6) is -2.40. The molecule has 0 aliphatic carbocycles. The van der Waals surface area contributed by atoms with Gasteiger partial charge in [-0.3, -0.25) is 9.59 Å². The van der Waals surface area contributed by atoms with Gasteiger partial charge in [-0.05, 0) is 30.0 Å². The number of aromatic nitrogens is 1. The summed E-state index contributed by atoms with van der Waals surface area (Å²) in [6, 6.07) is 3.34. The molecular weight excluding hydrogens is 330 g/mol. The van der Waals surface area contributed by atoms with Crippen LogP contribution in [0.4, 0.5) is 8.78 Å². The molecule has 2 aromatic rings. The third kappa shape index (κ3) is 3.42. The molecule has 0 spiro atoms. The van der Waals surface area contributed by atoms with Crippen molar-refractivity contribution in [1.82, 2.24) is 9.47 Å². The summed E-state index contributed by atoms with van der Waals surface area (Å²) in [7, 11) is 0. The highest BCUT2D eigenvalue weighted by Crippen LogP contribution is 2.19. The molecule has 2 heterocycles. The van der Waals surface area contributed by atoms with E-state index in [4.69, 9.17) is 4.74 Å². The van der Waals surface area contributed by atoms with Gasteiger partial charge in [-0.15, -0.1) is 0 Å². The van der Waals surface area contributed by atoms with Gasteiger partial charge in [0.05, 0.1) is 18.6 Å². The van der Waals surface area contributed by atoms with Crippen molar-refractivity contribution < 1.29 is 18.3 Å². The van der Waals surface area contributed by atoms with Gasteiger partial charge in [0.1, 0.15) is 5.69 Å². The van der Waals surface area contributed by atoms with Crippen LogP contribution in [0.1, 0.15) is 30.3 Å². The van der Waals surface area contributed by atoms with Gasteiger partial charge in [-0.2, -0.15) is 0 Å². The number of hydrogen-bond donors (Lipinski definition) is 0. The van der Waals surface area contributed by atoms with E-state index in [1.807, 2.05) is 6.92 Å². The molecule has 1 amide bonds. The van der Waals surface area contributed by atoms with E-state index in [0.29, 0.717) is 39.3 Å². The number of ether oxygens (including phenoxy) is 1. The Hall–Kier alpha value is -2.28. The van der Waals surface area contributed by atoms with Crippen LogP contribution in [0.3, 0.4) is 0 Å². The molecule has 1 aromatic heterocycles. The highest BCUT2D eigenvalue weighted by Gasteiger charge is 2.23. The first-order valence-corrected chi connectivity index (χ1v) is 8.42. The van der Waals surface area contributed by atoms with Crippen molar-refractivity contribution in [2.24, 2.45) is 0 Å². The van der Waals surface area contributed by atoms with Crippen LogP contribution in [0, 0.1) is 11.6 Å². The molecule has 1 aliphatic heterocycles. The van der Waals surface area contributed by atoms with E-state index < -0.39 is 17.2 Å². The minimum Gasteiger partial charge on any atom is -0.378 e. The summed E-state index contributed by atoms with van der Waals surface area (Å²) in [4.78, 5) is 27.3. The molecule has 1 aromatic carbocycles. The number of hydrogen-bond acceptors (Lipinski definition) is 3. The molecule has 0 saturated carbocycles. The fourth-order valence-electron chi connectivity index (χ4n) is 2.99. The van der Waals surface area contributed by atoms with Crippen LogP contribution < -0.4 is 5.56 Å². The normalized spacial score (nSPS) is 14.9. The summed E-state index contributed by atoms with van der Waals surface area (Å²) < 4.78 is 33.8. The Morgan fingerprint density at radius 3 is 2.52 bits per heavy atom. The molecule has 0 bridgehead atoms. The average Bonchev–Trinajstić information content (AvgIpc) is 2.62. The van der Waals surface area contributed by atoms with Crippen LogP contribution in [0.15, 0.2) is 23.0 Å². The number of benzene rings is 1. The molecule has 5 nitrogen and oxygen atoms in total. The molecule has 0 radical (unpaired) electrons. The lowest BCUT2D eigenvalue weighted by Crippen LogP contribution is -2.43. The molecule has 25 heavy (non-hydrogen) atoms. The molecule has 134 valence electrons. The van der Waals surface area contributed by atoms with Gasteiger partial charge in [-0.25, -0.2) is 8.78 Å². The van der Waals surface area contributed by atoms with Crippen molar-refractivity contribution in [1.29, 1.82) is 0 Å². The third-order valence-electron chi connectivity index (χ3n) is 4.40. The smallest absolute Gasteiger partial charge is 0.270 e. The Labute approximate surface area is 143 Å². The minimum absolute atomic E-state index is 0.0773. The molecule has 1 fully saturated rings. The van der Waals surface area contributed by atoms with Crippen molar-refractivity contribution in [2.75, 3.05) is 26.3 Å². The van der Waals surface area contributed by atoms with Gasteiger partial charge < -0.3 is 14.2 Å². The number of rotatable bonds is 4. The van der Waals surface area contributed by atoms with E-state index in [0.717, 1.165) is 18.6 Å². The Morgan fingerprint density at radius 1 is 1.16 bits per heavy atom. The monoisotopic (exact) mass is 350 g/mol. The van der Waals surface area contributed by atoms with E-state index >= 15 is 0 Å². The van der Waals surface area contributed by atoms with E-state index in [1.54, 1.807) is 4.90 Å². The molecule has 7 heteroatoms. The van der Waals surface area contributed by atoms with Crippen molar-refractivity contribution in [3.63, 3.8) is 0 Å². The lowest BCUT2D eigenvalue weighted by Gasteiger charge is -2.28. The average molecular weight is 350 g/mol. The number of unbranched alkanes of at least 4 members (excludes halogenated alkanes) is 1. The van der Waals surface area contributed by atoms with Crippen molar-refractivity contribution in [3.05, 3.63) is 45.9 Å². The second-order valence-corrected chi connectivity index (χ2v) is 6.10. The van der Waals surface area contributed by atoms with E-state index in [1.165, 1.54) is 10.6 Å². The quantitative estimate of drug-likeness (QED) is 0.852. The first kappa shape index (κ1) is 17.5. The third-order valence-corrected chi connectivity index (χ3v) is 4.40. The van der Waals surface area contributed by atoms with Crippen LogP contribution in [-0.4, -0.2) is 41.7 Å². The van der Waals surface area contributed by atoms with Crippen molar-refractivity contribution in [2.45, 2.75) is 26.3 Å². The van der Waals surface area contributed by atoms with Gasteiger partial charge in [0.15, 0.2) is 11.6 Å². The zero-order chi connectivity index (χ0) is 18.0. The van der Waals surface area contributed by atoms with Crippen LogP contribution in [0.2, 0.25) is 0 Å². The molecule has 0 atom stereocenters. The fourth-order valence-corrected chi connectivity index (χ4v) is 2.99. The second-order valence-electron chi connectivity index (χ2n) is 6.10. The molecule has 0 unspecified atom stereocenters. The highest BCUT2D eigenvalue weighted by atomic mass is 19.2. The number of fused-ring (bicyclic) bond motifs is 1. The van der Waals surface area contributed by atoms with Gasteiger partial charge in [0.2, 0.25) is 0 Å². The lowest BCUT2D eigenvalue weighted by molar-refractivity contribution is 0.0295. The number of amides is 1. The standard InChI is InChI=1S/C18H20F2N2O3/c1-2-3-4-22-16(18(24)21-5-7-25-8-6-21)10-12-9-14(19)15(20)11-13(12)17(22)23/h9-11H,2-8H2,1H3. The summed E-state index contributed by atoms with van der Waals surface area (Å²) >= 11 is 0. The highest BCUT2D eigenvalue weighted by molar-refractivity contribution is 5.96. The van der Waals surface area contributed by atoms with E-state index in [9.17, 15) is 18.4 Å². The lowest BCUT2D eigenvalue weighted by atomic mass is 10.1. The van der Waals surface area contributed by atoms with Crippen LogP contribution in [-0.2, 0) is 11.3 Å². The van der Waals surface area contributed by atoms with Crippen molar-refractivity contribution in [3.8, 4) is 0 Å². The molecule has 0 N–H and O–H groups in total. The Kier molecular flexibility index (Phi) is 5.13. The Bertz CT molecular complexity index is 858. The number of morpholine rings is 1. The molecular formula is C18H20F2N2O3. The Morgan fingerprint density at radius 2 is 1.84 bits per heavy atom. The largest absolute Gasteiger partial charge is 0.378 e. The summed E-state index contributed by atoms with van der Waals surface area (Å²) in [5, 5.41) is 0.307. The predicted molar refractivity (Wildman–Crippen MR) is 89.8 cm³/mol. The summed E-state index contributed by atoms with van der Waals surface area (Å²) in [6.07, 6.45) is 1.55. The van der Waals surface area contributed by atoms with Crippen LogP contribution in [0.5, 0.6) is 0 Å². The maximum Gasteiger partial charge on any atom is 0.270 e. The SMILES string of the molecule is CCCCn1c(C(=O)N2CCOCC2)cc2cc(F)c(F)cc2c1=O. The number of carbonyl (C=O) groups is 1. The molecule has 1 saturated heterocycles. The zero-order valence-corrected chi connectivity index (χ0v) is 14.1. The fraction of sp³-hybridized carbons (Fsp3) is 0.444. The van der Waals surface area contributed by atoms with Gasteiger partial charge in [-0.1, -0.05) is 13.3 Å². The number of halogens is 2. The number of pyridine rings is 1. The van der Waals surface area contributed by atoms with Gasteiger partial charge in [0, 0.05) is 19.6 Å². The topological polar surface area (TPSA) is 51.5 Å². The van der Waals surface area contributed by atoms with Crippen LogP contribution >= 0.6 is 0 Å². The van der Waals surface area contributed by atoms with E-state index in [2.05, 4.69) is 0 Å². The van der Waals surface area contributed by atoms with Gasteiger partial charge >= 0.3 is 0 Å². The Balaban J connectivity index is 2.15. The number of nitrogens with zero attached hydrogens (tertiary/aromatic N) is 2. The maximum atomic E-state index is 13.6. The number of carbonyl (C=O) groups excluding carboxylic acids is 1. The minimum atomic E-state index is -1.07. The molecule has 3 rings (SSSR count). The second kappa shape index (κ2) is 7.31. The zero-order valence-electron chi connectivity index (χ0n) is 14.1. The summed E-state index contributed by atoms with van der Waals surface area (Å²) in [6.45, 7) is 4.10.